The normalized spacial score (nSPS) is 10.3. The molecule has 0 atom stereocenters. The molecule has 2 aromatic heterocycles. The third kappa shape index (κ3) is 4.64. The van der Waals surface area contributed by atoms with Gasteiger partial charge in [0.2, 0.25) is 5.88 Å². The SMILES string of the molecule is CCCCOC(=O)COc1ccc(-n2cccn2)c(C(C)=O)n1. The molecule has 0 bridgehead atoms. The van der Waals surface area contributed by atoms with Gasteiger partial charge in [-0.25, -0.2) is 14.5 Å². The Bertz CT molecular complexity index is 668. The standard InChI is InChI=1S/C16H19N3O4/c1-3-4-10-22-15(21)11-23-14-7-6-13(16(18-14)12(2)20)19-9-5-8-17-19/h5-9H,3-4,10-11H2,1-2H3. The molecule has 2 heterocycles. The Labute approximate surface area is 134 Å². The van der Waals surface area contributed by atoms with Crippen molar-refractivity contribution >= 4 is 11.8 Å². The molecule has 0 radical (unpaired) electrons. The summed E-state index contributed by atoms with van der Waals surface area (Å²) >= 11 is 0. The molecular weight excluding hydrogens is 298 g/mol. The molecule has 0 aromatic carbocycles. The van der Waals surface area contributed by atoms with Crippen LogP contribution in [0.1, 0.15) is 37.2 Å². The smallest absolute Gasteiger partial charge is 0.344 e. The Morgan fingerprint density at radius 1 is 1.30 bits per heavy atom. The van der Waals surface area contributed by atoms with E-state index in [4.69, 9.17) is 9.47 Å². The Kier molecular flexibility index (Phi) is 5.85. The van der Waals surface area contributed by atoms with E-state index in [1.54, 1.807) is 35.3 Å². The number of nitrogens with zero attached hydrogens (tertiary/aromatic N) is 3. The monoisotopic (exact) mass is 317 g/mol. The molecule has 0 saturated carbocycles. The first-order valence-corrected chi connectivity index (χ1v) is 7.42. The lowest BCUT2D eigenvalue weighted by molar-refractivity contribution is -0.146. The van der Waals surface area contributed by atoms with Crippen LogP contribution in [0.25, 0.3) is 5.69 Å². The van der Waals surface area contributed by atoms with Gasteiger partial charge in [0.15, 0.2) is 12.4 Å². The highest BCUT2D eigenvalue weighted by Gasteiger charge is 2.14. The Morgan fingerprint density at radius 3 is 2.78 bits per heavy atom. The van der Waals surface area contributed by atoms with Crippen LogP contribution in [-0.2, 0) is 9.53 Å². The van der Waals surface area contributed by atoms with Gasteiger partial charge in [-0.2, -0.15) is 5.10 Å². The average Bonchev–Trinajstić information content (AvgIpc) is 3.07. The van der Waals surface area contributed by atoms with Gasteiger partial charge in [0, 0.05) is 25.4 Å². The zero-order chi connectivity index (χ0) is 16.7. The van der Waals surface area contributed by atoms with Crippen LogP contribution in [0.4, 0.5) is 0 Å². The van der Waals surface area contributed by atoms with Crippen LogP contribution < -0.4 is 4.74 Å². The maximum atomic E-state index is 11.8. The van der Waals surface area contributed by atoms with Gasteiger partial charge in [-0.05, 0) is 18.6 Å². The van der Waals surface area contributed by atoms with Gasteiger partial charge in [0.1, 0.15) is 5.69 Å². The molecule has 0 amide bonds. The van der Waals surface area contributed by atoms with Crippen molar-refractivity contribution in [1.29, 1.82) is 0 Å². The van der Waals surface area contributed by atoms with Gasteiger partial charge in [0.05, 0.1) is 12.3 Å². The molecule has 23 heavy (non-hydrogen) atoms. The van der Waals surface area contributed by atoms with Crippen LogP contribution in [0.3, 0.4) is 0 Å². The van der Waals surface area contributed by atoms with E-state index in [0.29, 0.717) is 12.3 Å². The number of pyridine rings is 1. The van der Waals surface area contributed by atoms with E-state index in [-0.39, 0.29) is 24.0 Å². The number of hydrogen-bond donors (Lipinski definition) is 0. The Balaban J connectivity index is 2.05. The molecule has 0 unspecified atom stereocenters. The maximum absolute atomic E-state index is 11.8. The lowest BCUT2D eigenvalue weighted by Crippen LogP contribution is -2.16. The highest BCUT2D eigenvalue weighted by atomic mass is 16.6. The van der Waals surface area contributed by atoms with Crippen molar-refractivity contribution in [3.8, 4) is 11.6 Å². The van der Waals surface area contributed by atoms with E-state index in [1.165, 1.54) is 6.92 Å². The number of carbonyl (C=O) groups excluding carboxylic acids is 2. The van der Waals surface area contributed by atoms with Crippen molar-refractivity contribution in [2.45, 2.75) is 26.7 Å². The van der Waals surface area contributed by atoms with Crippen LogP contribution in [0.2, 0.25) is 0 Å². The second-order valence-electron chi connectivity index (χ2n) is 4.89. The first-order valence-electron chi connectivity index (χ1n) is 7.42. The maximum Gasteiger partial charge on any atom is 0.344 e. The zero-order valence-electron chi connectivity index (χ0n) is 13.2. The van der Waals surface area contributed by atoms with Gasteiger partial charge in [0.25, 0.3) is 0 Å². The summed E-state index contributed by atoms with van der Waals surface area (Å²) in [6.07, 6.45) is 5.10. The third-order valence-electron chi connectivity index (χ3n) is 3.03. The predicted octanol–water partition coefficient (Wildman–Crippen LogP) is 2.19. The molecular formula is C16H19N3O4. The molecule has 0 aliphatic rings. The van der Waals surface area contributed by atoms with Gasteiger partial charge in [-0.3, -0.25) is 4.79 Å². The second-order valence-corrected chi connectivity index (χ2v) is 4.89. The summed E-state index contributed by atoms with van der Waals surface area (Å²) in [6, 6.07) is 5.01. The molecule has 2 aromatic rings. The molecule has 0 fully saturated rings. The highest BCUT2D eigenvalue weighted by Crippen LogP contribution is 2.17. The van der Waals surface area contributed by atoms with Gasteiger partial charge in [-0.1, -0.05) is 13.3 Å². The number of carbonyl (C=O) groups is 2. The second kappa shape index (κ2) is 8.07. The lowest BCUT2D eigenvalue weighted by atomic mass is 10.2. The van der Waals surface area contributed by atoms with E-state index >= 15 is 0 Å². The molecule has 0 aliphatic carbocycles. The van der Waals surface area contributed by atoms with E-state index in [2.05, 4.69) is 10.1 Å². The lowest BCUT2D eigenvalue weighted by Gasteiger charge is -2.10. The summed E-state index contributed by atoms with van der Waals surface area (Å²) in [5, 5.41) is 4.08. The molecule has 2 rings (SSSR count). The van der Waals surface area contributed by atoms with Crippen LogP contribution in [0.5, 0.6) is 5.88 Å². The minimum Gasteiger partial charge on any atom is -0.466 e. The predicted molar refractivity (Wildman–Crippen MR) is 82.7 cm³/mol. The molecule has 0 aliphatic heterocycles. The molecule has 7 heteroatoms. The number of hydrogen-bond acceptors (Lipinski definition) is 6. The fraction of sp³-hybridized carbons (Fsp3) is 0.375. The number of esters is 1. The van der Waals surface area contributed by atoms with Crippen molar-refractivity contribution in [1.82, 2.24) is 14.8 Å². The fourth-order valence-electron chi connectivity index (χ4n) is 1.87. The third-order valence-corrected chi connectivity index (χ3v) is 3.03. The van der Waals surface area contributed by atoms with Crippen molar-refractivity contribution in [3.63, 3.8) is 0 Å². The van der Waals surface area contributed by atoms with Crippen LogP contribution >= 0.6 is 0 Å². The van der Waals surface area contributed by atoms with E-state index in [0.717, 1.165) is 12.8 Å². The molecule has 7 nitrogen and oxygen atoms in total. The van der Waals surface area contributed by atoms with Crippen molar-refractivity contribution < 1.29 is 19.1 Å². The van der Waals surface area contributed by atoms with Crippen molar-refractivity contribution in [3.05, 3.63) is 36.3 Å². The summed E-state index contributed by atoms with van der Waals surface area (Å²) in [6.45, 7) is 3.56. The average molecular weight is 317 g/mol. The number of Topliss-reactive ketones (excluding diaryl/α,β-unsaturated/α-hetero) is 1. The first-order chi connectivity index (χ1) is 11.1. The molecule has 0 N–H and O–H groups in total. The van der Waals surface area contributed by atoms with Crippen LogP contribution in [-0.4, -0.2) is 39.7 Å². The van der Waals surface area contributed by atoms with Gasteiger partial charge < -0.3 is 9.47 Å². The quantitative estimate of drug-likeness (QED) is 0.421. The van der Waals surface area contributed by atoms with Crippen LogP contribution in [0, 0.1) is 0 Å². The minimum atomic E-state index is -0.458. The van der Waals surface area contributed by atoms with Gasteiger partial charge >= 0.3 is 5.97 Å². The molecule has 0 saturated heterocycles. The van der Waals surface area contributed by atoms with Crippen molar-refractivity contribution in [2.24, 2.45) is 0 Å². The highest BCUT2D eigenvalue weighted by molar-refractivity contribution is 5.95. The first kappa shape index (κ1) is 16.7. The number of aromatic nitrogens is 3. The number of ether oxygens (including phenoxy) is 2. The summed E-state index contributed by atoms with van der Waals surface area (Å²) in [5.74, 6) is -0.481. The summed E-state index contributed by atoms with van der Waals surface area (Å²) in [4.78, 5) is 27.4. The largest absolute Gasteiger partial charge is 0.466 e. The fourth-order valence-corrected chi connectivity index (χ4v) is 1.87. The molecule has 122 valence electrons. The molecule has 0 spiro atoms. The number of ketones is 1. The number of rotatable bonds is 8. The van der Waals surface area contributed by atoms with E-state index < -0.39 is 5.97 Å². The van der Waals surface area contributed by atoms with E-state index in [9.17, 15) is 9.59 Å². The van der Waals surface area contributed by atoms with Crippen LogP contribution in [0.15, 0.2) is 30.6 Å². The Morgan fingerprint density at radius 2 is 2.13 bits per heavy atom. The summed E-state index contributed by atoms with van der Waals surface area (Å²) in [5.41, 5.74) is 0.783. The van der Waals surface area contributed by atoms with Gasteiger partial charge in [-0.15, -0.1) is 0 Å². The zero-order valence-corrected chi connectivity index (χ0v) is 13.2. The minimum absolute atomic E-state index is 0.193. The summed E-state index contributed by atoms with van der Waals surface area (Å²) in [7, 11) is 0. The summed E-state index contributed by atoms with van der Waals surface area (Å²) < 4.78 is 11.8. The van der Waals surface area contributed by atoms with E-state index in [1.807, 2.05) is 6.92 Å². The van der Waals surface area contributed by atoms with Crippen molar-refractivity contribution in [2.75, 3.05) is 13.2 Å². The number of unbranched alkanes of at least 4 members (excludes halogenated alkanes) is 1. The Hall–Kier alpha value is -2.70. The topological polar surface area (TPSA) is 83.3 Å².